The molecule has 3 rings (SSSR count). The van der Waals surface area contributed by atoms with Gasteiger partial charge in [-0.1, -0.05) is 31.9 Å². The van der Waals surface area contributed by atoms with Crippen LogP contribution in [-0.4, -0.2) is 30.5 Å². The summed E-state index contributed by atoms with van der Waals surface area (Å²) in [4.78, 5) is 27.8. The third kappa shape index (κ3) is 4.61. The number of H-pyrrole nitrogens is 1. The van der Waals surface area contributed by atoms with Crippen molar-refractivity contribution in [2.24, 2.45) is 0 Å². The van der Waals surface area contributed by atoms with Gasteiger partial charge in [-0.15, -0.1) is 0 Å². The summed E-state index contributed by atoms with van der Waals surface area (Å²) in [6.07, 6.45) is 2.21. The van der Waals surface area contributed by atoms with Crippen LogP contribution in [0.25, 0.3) is 10.9 Å². The van der Waals surface area contributed by atoms with Crippen molar-refractivity contribution < 1.29 is 14.3 Å². The maximum absolute atomic E-state index is 11.0. The van der Waals surface area contributed by atoms with E-state index in [1.165, 1.54) is 13.3 Å². The number of nitrogens with one attached hydrogen (secondary N) is 1. The minimum Gasteiger partial charge on any atom is -0.495 e. The van der Waals surface area contributed by atoms with Crippen molar-refractivity contribution in [2.45, 2.75) is 0 Å². The van der Waals surface area contributed by atoms with Gasteiger partial charge in [-0.25, -0.2) is 9.78 Å². The number of ether oxygens (including phenoxy) is 2. The monoisotopic (exact) mass is 483 g/mol. The lowest BCUT2D eigenvalue weighted by Gasteiger charge is -2.06. The predicted molar refractivity (Wildman–Crippen MR) is 107 cm³/mol. The van der Waals surface area contributed by atoms with E-state index < -0.39 is 0 Å². The molecule has 0 spiro atoms. The molecule has 3 aromatic rings. The van der Waals surface area contributed by atoms with Gasteiger partial charge in [0.15, 0.2) is 6.29 Å². The summed E-state index contributed by atoms with van der Waals surface area (Å²) in [6, 6.07) is 7.01. The van der Waals surface area contributed by atoms with E-state index in [9.17, 15) is 9.59 Å². The second-order valence-electron chi connectivity index (χ2n) is 4.99. The molecule has 0 unspecified atom stereocenters. The van der Waals surface area contributed by atoms with E-state index in [-0.39, 0.29) is 5.69 Å². The van der Waals surface area contributed by atoms with Crippen molar-refractivity contribution in [3.05, 3.63) is 55.5 Å². The van der Waals surface area contributed by atoms with Crippen molar-refractivity contribution in [1.82, 2.24) is 9.97 Å². The van der Waals surface area contributed by atoms with Crippen molar-refractivity contribution in [3.63, 3.8) is 0 Å². The Kier molecular flexibility index (Phi) is 6.76. The van der Waals surface area contributed by atoms with Gasteiger partial charge in [-0.05, 0) is 24.3 Å². The molecule has 0 bridgehead atoms. The number of nitrogens with zero attached hydrogens (tertiary/aromatic N) is 1. The number of hydrogen-bond acceptors (Lipinski definition) is 6. The minimum absolute atomic E-state index is 0.371. The molecule has 3 N–H and O–H groups in total. The van der Waals surface area contributed by atoms with E-state index in [4.69, 9.17) is 15.2 Å². The Morgan fingerprint density at radius 2 is 1.69 bits per heavy atom. The number of rotatable bonds is 3. The molecule has 7 nitrogen and oxygen atoms in total. The number of aromatic amines is 1. The molecule has 0 aliphatic carbocycles. The smallest absolute Gasteiger partial charge is 0.345 e. The molecule has 0 atom stereocenters. The van der Waals surface area contributed by atoms with Crippen molar-refractivity contribution >= 4 is 54.7 Å². The molecule has 1 heterocycles. The van der Waals surface area contributed by atoms with Crippen LogP contribution in [0.5, 0.6) is 11.5 Å². The lowest BCUT2D eigenvalue weighted by atomic mass is 10.2. The van der Waals surface area contributed by atoms with E-state index in [1.807, 2.05) is 6.07 Å². The van der Waals surface area contributed by atoms with Gasteiger partial charge in [0.2, 0.25) is 0 Å². The fourth-order valence-electron chi connectivity index (χ4n) is 2.15. The molecule has 0 aliphatic heterocycles. The standard InChI is InChI=1S/C9H7BrN2O2.C8H8BrNO2/c1-14-7-3-6(10)2-5-4-11-9(13)12-8(5)7;1-12-7-3-6(9)2-5(4-11)8(7)10/h2-4H,1H3,(H,11,12,13);2-4H,10H2,1H3. The molecular weight excluding hydrogens is 470 g/mol. The molecule has 0 radical (unpaired) electrons. The van der Waals surface area contributed by atoms with Gasteiger partial charge < -0.3 is 20.2 Å². The van der Waals surface area contributed by atoms with Crippen LogP contribution in [0.2, 0.25) is 0 Å². The number of carbonyl (C=O) groups excluding carboxylic acids is 1. The summed E-state index contributed by atoms with van der Waals surface area (Å²) in [5.74, 6) is 1.13. The number of hydrogen-bond donors (Lipinski definition) is 2. The molecule has 0 aliphatic rings. The molecule has 136 valence electrons. The summed E-state index contributed by atoms with van der Waals surface area (Å²) >= 11 is 6.58. The van der Waals surface area contributed by atoms with Gasteiger partial charge >= 0.3 is 5.69 Å². The SMILES string of the molecule is COc1cc(Br)cc(C=O)c1N.COc1cc(Br)cc2cnc(=O)[nH]c12. The number of carbonyl (C=O) groups is 1. The second kappa shape index (κ2) is 8.81. The number of fused-ring (bicyclic) bond motifs is 1. The lowest BCUT2D eigenvalue weighted by molar-refractivity contribution is 0.112. The van der Waals surface area contributed by atoms with E-state index in [0.717, 1.165) is 14.3 Å². The number of benzene rings is 2. The Hall–Kier alpha value is -2.39. The maximum atomic E-state index is 11.0. The molecular formula is C17H15Br2N3O4. The van der Waals surface area contributed by atoms with E-state index in [1.54, 1.807) is 25.3 Å². The van der Waals surface area contributed by atoms with Gasteiger partial charge in [0, 0.05) is 26.1 Å². The summed E-state index contributed by atoms with van der Waals surface area (Å²) < 4.78 is 11.7. The first-order valence-corrected chi connectivity index (χ1v) is 8.79. The van der Waals surface area contributed by atoms with E-state index in [0.29, 0.717) is 34.6 Å². The highest BCUT2D eigenvalue weighted by molar-refractivity contribution is 9.10. The van der Waals surface area contributed by atoms with Crippen LogP contribution in [-0.2, 0) is 0 Å². The minimum atomic E-state index is -0.377. The first kappa shape index (κ1) is 19.9. The molecule has 0 saturated carbocycles. The van der Waals surface area contributed by atoms with Gasteiger partial charge in [0.25, 0.3) is 0 Å². The number of halogens is 2. The highest BCUT2D eigenvalue weighted by Crippen LogP contribution is 2.28. The fourth-order valence-corrected chi connectivity index (χ4v) is 3.05. The Morgan fingerprint density at radius 3 is 2.31 bits per heavy atom. The van der Waals surface area contributed by atoms with E-state index >= 15 is 0 Å². The van der Waals surface area contributed by atoms with Gasteiger partial charge in [-0.3, -0.25) is 4.79 Å². The van der Waals surface area contributed by atoms with Crippen LogP contribution in [0, 0.1) is 0 Å². The quantitative estimate of drug-likeness (QED) is 0.434. The van der Waals surface area contributed by atoms with Crippen LogP contribution in [0.4, 0.5) is 5.69 Å². The summed E-state index contributed by atoms with van der Waals surface area (Å²) in [6.45, 7) is 0. The summed E-state index contributed by atoms with van der Waals surface area (Å²) in [5, 5.41) is 0.829. The Balaban J connectivity index is 0.000000190. The zero-order valence-corrected chi connectivity index (χ0v) is 17.0. The molecule has 9 heteroatoms. The normalized spacial score (nSPS) is 10.0. The summed E-state index contributed by atoms with van der Waals surface area (Å²) in [5.41, 5.74) is 6.68. The van der Waals surface area contributed by atoms with Crippen LogP contribution in [0.15, 0.2) is 44.2 Å². The van der Waals surface area contributed by atoms with Crippen LogP contribution >= 0.6 is 31.9 Å². The fraction of sp³-hybridized carbons (Fsp3) is 0.118. The zero-order valence-electron chi connectivity index (χ0n) is 13.9. The van der Waals surface area contributed by atoms with Crippen molar-refractivity contribution in [1.29, 1.82) is 0 Å². The van der Waals surface area contributed by atoms with Crippen LogP contribution in [0.1, 0.15) is 10.4 Å². The highest BCUT2D eigenvalue weighted by Gasteiger charge is 2.06. The summed E-state index contributed by atoms with van der Waals surface area (Å²) in [7, 11) is 3.06. The highest BCUT2D eigenvalue weighted by atomic mass is 79.9. The Morgan fingerprint density at radius 1 is 1.08 bits per heavy atom. The molecule has 26 heavy (non-hydrogen) atoms. The first-order chi connectivity index (χ1) is 12.4. The lowest BCUT2D eigenvalue weighted by Crippen LogP contribution is -2.09. The maximum Gasteiger partial charge on any atom is 0.345 e. The number of nitrogens with two attached hydrogens (primary N) is 1. The van der Waals surface area contributed by atoms with Gasteiger partial charge in [0.05, 0.1) is 25.4 Å². The first-order valence-electron chi connectivity index (χ1n) is 7.20. The molecule has 1 aromatic heterocycles. The predicted octanol–water partition coefficient (Wildman–Crippen LogP) is 3.55. The third-order valence-corrected chi connectivity index (χ3v) is 4.27. The van der Waals surface area contributed by atoms with E-state index in [2.05, 4.69) is 41.8 Å². The average molecular weight is 485 g/mol. The number of nitrogen functional groups attached to an aromatic ring is 1. The average Bonchev–Trinajstić information content (AvgIpc) is 2.63. The molecule has 2 aromatic carbocycles. The number of aromatic nitrogens is 2. The Labute approximate surface area is 165 Å². The van der Waals surface area contributed by atoms with Gasteiger partial charge in [-0.2, -0.15) is 0 Å². The van der Waals surface area contributed by atoms with Crippen LogP contribution < -0.4 is 20.9 Å². The third-order valence-electron chi connectivity index (χ3n) is 3.36. The largest absolute Gasteiger partial charge is 0.495 e. The second-order valence-corrected chi connectivity index (χ2v) is 6.82. The van der Waals surface area contributed by atoms with Crippen LogP contribution in [0.3, 0.4) is 0 Å². The number of methoxy groups -OCH3 is 2. The van der Waals surface area contributed by atoms with Crippen molar-refractivity contribution in [2.75, 3.05) is 20.0 Å². The Bertz CT molecular complexity index is 1010. The number of aldehydes is 1. The topological polar surface area (TPSA) is 107 Å². The molecule has 0 saturated heterocycles. The number of anilines is 1. The van der Waals surface area contributed by atoms with Crippen molar-refractivity contribution in [3.8, 4) is 11.5 Å². The molecule has 0 fully saturated rings. The molecule has 0 amide bonds. The van der Waals surface area contributed by atoms with Gasteiger partial charge in [0.1, 0.15) is 11.5 Å². The zero-order chi connectivity index (χ0) is 19.3.